The van der Waals surface area contributed by atoms with E-state index in [4.69, 9.17) is 0 Å². The smallest absolute Gasteiger partial charge is 0.238 e. The van der Waals surface area contributed by atoms with Crippen molar-refractivity contribution in [2.45, 2.75) is 39.5 Å². The van der Waals surface area contributed by atoms with E-state index in [1.54, 1.807) is 0 Å². The van der Waals surface area contributed by atoms with Crippen molar-refractivity contribution in [2.24, 2.45) is 0 Å². The molecule has 0 saturated heterocycles. The van der Waals surface area contributed by atoms with Gasteiger partial charge in [-0.25, -0.2) is 0 Å². The molecule has 2 rings (SSSR count). The van der Waals surface area contributed by atoms with E-state index >= 15 is 0 Å². The maximum atomic E-state index is 11.8. The first kappa shape index (κ1) is 23.6. The Morgan fingerprint density at radius 2 is 1.00 bits per heavy atom. The molecule has 0 atom stereocenters. The lowest BCUT2D eigenvalue weighted by Gasteiger charge is -2.09. The predicted octanol–water partition coefficient (Wildman–Crippen LogP) is 3.35. The molecule has 0 bridgehead atoms. The summed E-state index contributed by atoms with van der Waals surface area (Å²) in [5.74, 6) is -0.0472. The molecule has 2 amide bonds. The number of amides is 2. The quantitative estimate of drug-likeness (QED) is 0.382. The van der Waals surface area contributed by atoms with Crippen LogP contribution in [-0.2, 0) is 22.4 Å². The van der Waals surface area contributed by atoms with Crippen LogP contribution in [0.3, 0.4) is 0 Å². The Bertz CT molecular complexity index is 705. The Labute approximate surface area is 179 Å². The Balaban J connectivity index is 1.74. The van der Waals surface area contributed by atoms with Crippen molar-refractivity contribution in [3.8, 4) is 0 Å². The summed E-state index contributed by atoms with van der Waals surface area (Å²) < 4.78 is 0. The summed E-state index contributed by atoms with van der Waals surface area (Å²) in [6, 6.07) is 16.0. The molecule has 4 N–H and O–H groups in total. The van der Waals surface area contributed by atoms with E-state index in [0.29, 0.717) is 13.1 Å². The van der Waals surface area contributed by atoms with E-state index < -0.39 is 0 Å². The molecule has 0 spiro atoms. The second-order valence-corrected chi connectivity index (χ2v) is 7.34. The van der Waals surface area contributed by atoms with Gasteiger partial charge in [0.15, 0.2) is 0 Å². The minimum Gasteiger partial charge on any atom is -0.325 e. The van der Waals surface area contributed by atoms with E-state index in [2.05, 4.69) is 35.1 Å². The lowest BCUT2D eigenvalue weighted by atomic mass is 10.0. The number of benzene rings is 2. The number of hydrogen-bond acceptors (Lipinski definition) is 4. The summed E-state index contributed by atoms with van der Waals surface area (Å²) >= 11 is 0. The molecule has 162 valence electrons. The summed E-state index contributed by atoms with van der Waals surface area (Å²) in [7, 11) is 0. The van der Waals surface area contributed by atoms with Gasteiger partial charge in [0, 0.05) is 11.4 Å². The Morgan fingerprint density at radius 3 is 1.33 bits per heavy atom. The molecule has 0 unspecified atom stereocenters. The molecule has 30 heavy (non-hydrogen) atoms. The van der Waals surface area contributed by atoms with Gasteiger partial charge in [-0.05, 0) is 74.2 Å². The molecule has 6 heteroatoms. The zero-order valence-corrected chi connectivity index (χ0v) is 18.1. The Hall–Kier alpha value is -2.70. The highest BCUT2D eigenvalue weighted by Crippen LogP contribution is 2.14. The van der Waals surface area contributed by atoms with Crippen LogP contribution in [-0.4, -0.2) is 38.0 Å². The van der Waals surface area contributed by atoms with Crippen molar-refractivity contribution < 1.29 is 9.59 Å². The second-order valence-electron chi connectivity index (χ2n) is 7.34. The van der Waals surface area contributed by atoms with Gasteiger partial charge < -0.3 is 21.3 Å². The van der Waals surface area contributed by atoms with Crippen LogP contribution in [0.5, 0.6) is 0 Å². The zero-order chi connectivity index (χ0) is 21.6. The van der Waals surface area contributed by atoms with Crippen LogP contribution in [0.2, 0.25) is 0 Å². The summed E-state index contributed by atoms with van der Waals surface area (Å²) in [5.41, 5.74) is 4.07. The lowest BCUT2D eigenvalue weighted by Crippen LogP contribution is -2.28. The third kappa shape index (κ3) is 9.20. The van der Waals surface area contributed by atoms with E-state index in [0.717, 1.165) is 50.1 Å². The molecule has 6 nitrogen and oxygen atoms in total. The maximum Gasteiger partial charge on any atom is 0.238 e. The summed E-state index contributed by atoms with van der Waals surface area (Å²) in [4.78, 5) is 23.7. The zero-order valence-electron chi connectivity index (χ0n) is 18.1. The highest BCUT2D eigenvalue weighted by molar-refractivity contribution is 5.92. The van der Waals surface area contributed by atoms with Crippen molar-refractivity contribution in [2.75, 3.05) is 36.8 Å². The van der Waals surface area contributed by atoms with Crippen LogP contribution in [0.1, 0.15) is 37.8 Å². The number of anilines is 2. The topological polar surface area (TPSA) is 82.3 Å². The molecular formula is C24H34N4O2. The molecule has 0 saturated carbocycles. The number of carbonyl (C=O) groups excluding carboxylic acids is 2. The van der Waals surface area contributed by atoms with Crippen LogP contribution < -0.4 is 21.3 Å². The maximum absolute atomic E-state index is 11.8. The van der Waals surface area contributed by atoms with Gasteiger partial charge in [-0.1, -0.05) is 38.1 Å². The minimum absolute atomic E-state index is 0.0236. The van der Waals surface area contributed by atoms with Crippen molar-refractivity contribution >= 4 is 23.2 Å². The van der Waals surface area contributed by atoms with Gasteiger partial charge in [0.25, 0.3) is 0 Å². The van der Waals surface area contributed by atoms with Gasteiger partial charge in [-0.2, -0.15) is 0 Å². The number of carbonyl (C=O) groups is 2. The lowest BCUT2D eigenvalue weighted by molar-refractivity contribution is -0.116. The Morgan fingerprint density at radius 1 is 0.633 bits per heavy atom. The fourth-order valence-corrected chi connectivity index (χ4v) is 2.97. The number of aryl methyl sites for hydroxylation is 2. The molecule has 0 radical (unpaired) electrons. The first-order valence-corrected chi connectivity index (χ1v) is 10.8. The van der Waals surface area contributed by atoms with Crippen molar-refractivity contribution in [3.05, 3.63) is 59.7 Å². The highest BCUT2D eigenvalue weighted by atomic mass is 16.2. The van der Waals surface area contributed by atoms with Gasteiger partial charge in [-0.15, -0.1) is 0 Å². The standard InChI is InChI=1S/C24H34N4O2/c1-3-15-25-17-23(29)27-21-11-7-19(8-12-21)5-6-20-9-13-22(14-10-20)28-24(30)18-26-16-4-2/h7-14,25-26H,3-6,15-18H2,1-2H3,(H,27,29)(H,28,30). The van der Waals surface area contributed by atoms with Crippen LogP contribution in [0.15, 0.2) is 48.5 Å². The molecule has 0 aromatic heterocycles. The molecule has 0 aliphatic heterocycles. The predicted molar refractivity (Wildman–Crippen MR) is 124 cm³/mol. The van der Waals surface area contributed by atoms with Gasteiger partial charge in [0.05, 0.1) is 13.1 Å². The largest absolute Gasteiger partial charge is 0.325 e. The van der Waals surface area contributed by atoms with Gasteiger partial charge in [0.1, 0.15) is 0 Å². The first-order chi connectivity index (χ1) is 14.6. The molecule has 2 aromatic carbocycles. The SMILES string of the molecule is CCCNCC(=O)Nc1ccc(CCc2ccc(NC(=O)CNCCC)cc2)cc1. The van der Waals surface area contributed by atoms with Crippen LogP contribution in [0, 0.1) is 0 Å². The second kappa shape index (κ2) is 13.5. The molecule has 0 aliphatic carbocycles. The third-order valence-electron chi connectivity index (χ3n) is 4.60. The van der Waals surface area contributed by atoms with Crippen LogP contribution in [0.25, 0.3) is 0 Å². The van der Waals surface area contributed by atoms with Crippen molar-refractivity contribution in [1.29, 1.82) is 0 Å². The summed E-state index contributed by atoms with van der Waals surface area (Å²) in [6.45, 7) is 6.50. The van der Waals surface area contributed by atoms with Gasteiger partial charge in [-0.3, -0.25) is 9.59 Å². The van der Waals surface area contributed by atoms with Crippen LogP contribution in [0.4, 0.5) is 11.4 Å². The normalized spacial score (nSPS) is 10.6. The van der Waals surface area contributed by atoms with E-state index in [1.807, 2.05) is 48.5 Å². The molecule has 0 fully saturated rings. The average Bonchev–Trinajstić information content (AvgIpc) is 2.75. The van der Waals surface area contributed by atoms with Gasteiger partial charge in [0.2, 0.25) is 11.8 Å². The number of hydrogen-bond donors (Lipinski definition) is 4. The molecule has 2 aromatic rings. The van der Waals surface area contributed by atoms with Crippen molar-refractivity contribution in [3.63, 3.8) is 0 Å². The fraction of sp³-hybridized carbons (Fsp3) is 0.417. The first-order valence-electron chi connectivity index (χ1n) is 10.8. The average molecular weight is 411 g/mol. The van der Waals surface area contributed by atoms with E-state index in [9.17, 15) is 9.59 Å². The summed E-state index contributed by atoms with van der Waals surface area (Å²) in [5, 5.41) is 12.0. The van der Waals surface area contributed by atoms with Crippen molar-refractivity contribution in [1.82, 2.24) is 10.6 Å². The monoisotopic (exact) mass is 410 g/mol. The third-order valence-corrected chi connectivity index (χ3v) is 4.60. The van der Waals surface area contributed by atoms with E-state index in [1.165, 1.54) is 11.1 Å². The molecule has 0 aliphatic rings. The van der Waals surface area contributed by atoms with Gasteiger partial charge >= 0.3 is 0 Å². The number of nitrogens with one attached hydrogen (secondary N) is 4. The number of rotatable bonds is 13. The molecular weight excluding hydrogens is 376 g/mol. The van der Waals surface area contributed by atoms with Crippen LogP contribution >= 0.6 is 0 Å². The fourth-order valence-electron chi connectivity index (χ4n) is 2.97. The van der Waals surface area contributed by atoms with E-state index in [-0.39, 0.29) is 11.8 Å². The highest BCUT2D eigenvalue weighted by Gasteiger charge is 2.04. The summed E-state index contributed by atoms with van der Waals surface area (Å²) in [6.07, 6.45) is 3.85. The Kier molecular flexibility index (Phi) is 10.6. The minimum atomic E-state index is -0.0236. The molecule has 0 heterocycles.